The fraction of sp³-hybridized carbons (Fsp3) is 0. The third-order valence-corrected chi connectivity index (χ3v) is 2.33. The summed E-state index contributed by atoms with van der Waals surface area (Å²) in [4.78, 5) is 0. The normalized spacial score (nSPS) is 11.7. The minimum atomic E-state index is -0.540. The first-order chi connectivity index (χ1) is 11.6. The van der Waals surface area contributed by atoms with Gasteiger partial charge in [0.2, 0.25) is 0 Å². The summed E-state index contributed by atoms with van der Waals surface area (Å²) in [6, 6.07) is 17.7. The van der Waals surface area contributed by atoms with Gasteiger partial charge in [-0.1, -0.05) is 70.9 Å². The van der Waals surface area contributed by atoms with Crippen LogP contribution in [0.1, 0.15) is 11.1 Å². The minimum absolute atomic E-state index is 0. The standard InChI is InChI=1S/2C8H9N3O.Pd/c2*9-8(12)11-10-6-7-4-2-1-3-5-7;/h2*1-6H,(H3,9,11,12);/b2*10-6+;. The Labute approximate surface area is 159 Å². The van der Waals surface area contributed by atoms with E-state index in [4.69, 9.17) is 21.7 Å². The van der Waals surface area contributed by atoms with Gasteiger partial charge in [-0.25, -0.2) is 0 Å². The number of benzene rings is 2. The van der Waals surface area contributed by atoms with Crippen LogP contribution in [0.25, 0.3) is 0 Å². The fourth-order valence-corrected chi connectivity index (χ4v) is 1.39. The molecule has 2 aromatic rings. The van der Waals surface area contributed by atoms with Crippen molar-refractivity contribution in [2.75, 3.05) is 0 Å². The number of aliphatic hydroxyl groups is 2. The van der Waals surface area contributed by atoms with Gasteiger partial charge in [0.1, 0.15) is 0 Å². The summed E-state index contributed by atoms with van der Waals surface area (Å²) < 4.78 is 0. The zero-order valence-corrected chi connectivity index (χ0v) is 14.6. The average Bonchev–Trinajstić information content (AvgIpc) is 2.57. The summed E-state index contributed by atoms with van der Waals surface area (Å²) in [7, 11) is 0. The largest absolute Gasteiger partial charge is 0.480 e. The van der Waals surface area contributed by atoms with Crippen LogP contribution in [0.3, 0.4) is 0 Å². The van der Waals surface area contributed by atoms with Crippen LogP contribution in [0, 0.1) is 0 Å². The van der Waals surface area contributed by atoms with Crippen molar-refractivity contribution < 1.29 is 30.6 Å². The molecule has 0 aromatic heterocycles. The molecule has 9 heteroatoms. The van der Waals surface area contributed by atoms with E-state index in [0.717, 1.165) is 11.1 Å². The van der Waals surface area contributed by atoms with Crippen molar-refractivity contribution in [3.63, 3.8) is 0 Å². The molecule has 6 N–H and O–H groups in total. The number of aliphatic hydroxyl groups excluding tert-OH is 2. The van der Waals surface area contributed by atoms with Crippen LogP contribution in [0.15, 0.2) is 81.1 Å². The van der Waals surface area contributed by atoms with Crippen LogP contribution in [-0.4, -0.2) is 34.7 Å². The SMILES string of the molecule is N/C(O)=N\N=C\c1ccccc1.N/C(O)=N\N=C\c1ccccc1.[Pd]. The molecule has 0 saturated carbocycles. The number of hydrogen-bond donors (Lipinski definition) is 4. The summed E-state index contributed by atoms with van der Waals surface area (Å²) in [6.45, 7) is 0. The molecule has 2 rings (SSSR count). The van der Waals surface area contributed by atoms with Crippen LogP contribution < -0.4 is 11.5 Å². The molecule has 0 unspecified atom stereocenters. The van der Waals surface area contributed by atoms with Crippen molar-refractivity contribution in [2.24, 2.45) is 31.9 Å². The molecule has 0 atom stereocenters. The second-order valence-corrected chi connectivity index (χ2v) is 4.23. The third-order valence-electron chi connectivity index (χ3n) is 2.33. The third kappa shape index (κ3) is 12.1. The van der Waals surface area contributed by atoms with E-state index < -0.39 is 12.0 Å². The Balaban J connectivity index is 0.000000443. The molecular formula is C16H18N6O2Pd. The molecule has 0 aliphatic heterocycles. The second kappa shape index (κ2) is 13.4. The number of nitrogens with zero attached hydrogens (tertiary/aromatic N) is 4. The summed E-state index contributed by atoms with van der Waals surface area (Å²) >= 11 is 0. The molecule has 0 heterocycles. The Morgan fingerprint density at radius 1 is 0.680 bits per heavy atom. The van der Waals surface area contributed by atoms with Crippen LogP contribution in [0.2, 0.25) is 0 Å². The zero-order chi connectivity index (χ0) is 17.6. The molecule has 0 aliphatic rings. The van der Waals surface area contributed by atoms with Gasteiger partial charge >= 0.3 is 12.0 Å². The maximum absolute atomic E-state index is 8.44. The van der Waals surface area contributed by atoms with Gasteiger partial charge in [0.05, 0.1) is 12.4 Å². The molecule has 0 amide bonds. The Kier molecular flexibility index (Phi) is 11.8. The molecular weight excluding hydrogens is 415 g/mol. The van der Waals surface area contributed by atoms with Crippen molar-refractivity contribution >= 4 is 24.5 Å². The molecule has 0 spiro atoms. The molecule has 0 aliphatic carbocycles. The van der Waals surface area contributed by atoms with Crippen molar-refractivity contribution in [1.82, 2.24) is 0 Å². The van der Waals surface area contributed by atoms with Crippen molar-refractivity contribution in [2.45, 2.75) is 0 Å². The first kappa shape index (κ1) is 22.0. The van der Waals surface area contributed by atoms with Gasteiger partial charge in [-0.3, -0.25) is 0 Å². The monoisotopic (exact) mass is 432 g/mol. The number of nitrogens with two attached hydrogens (primary N) is 2. The van der Waals surface area contributed by atoms with E-state index >= 15 is 0 Å². The molecule has 0 saturated heterocycles. The number of rotatable bonds is 4. The average molecular weight is 433 g/mol. The Bertz CT molecular complexity index is 646. The maximum atomic E-state index is 8.44. The Morgan fingerprint density at radius 3 is 1.28 bits per heavy atom. The van der Waals surface area contributed by atoms with Gasteiger partial charge in [0.15, 0.2) is 0 Å². The number of hydrogen-bond acceptors (Lipinski definition) is 4. The van der Waals surface area contributed by atoms with Gasteiger partial charge in [-0.15, -0.1) is 0 Å². The summed E-state index contributed by atoms with van der Waals surface area (Å²) in [5, 5.41) is 30.4. The number of amidine groups is 2. The molecule has 8 nitrogen and oxygen atoms in total. The van der Waals surface area contributed by atoms with E-state index in [0.29, 0.717) is 0 Å². The molecule has 25 heavy (non-hydrogen) atoms. The molecule has 0 bridgehead atoms. The molecule has 2 aromatic carbocycles. The topological polar surface area (TPSA) is 142 Å². The van der Waals surface area contributed by atoms with Crippen molar-refractivity contribution in [3.05, 3.63) is 71.8 Å². The smallest absolute Gasteiger partial charge is 0.303 e. The Hall–Kier alpha value is -3.02. The van der Waals surface area contributed by atoms with Gasteiger partial charge < -0.3 is 21.7 Å². The van der Waals surface area contributed by atoms with E-state index in [1.54, 1.807) is 0 Å². The molecule has 0 radical (unpaired) electrons. The predicted molar refractivity (Wildman–Crippen MR) is 96.6 cm³/mol. The summed E-state index contributed by atoms with van der Waals surface area (Å²) in [6.07, 6.45) is 3.01. The van der Waals surface area contributed by atoms with Crippen molar-refractivity contribution in [3.8, 4) is 0 Å². The van der Waals surface area contributed by atoms with E-state index in [1.807, 2.05) is 60.7 Å². The summed E-state index contributed by atoms with van der Waals surface area (Å²) in [5.74, 6) is 0. The minimum Gasteiger partial charge on any atom is -0.480 e. The van der Waals surface area contributed by atoms with Gasteiger partial charge in [-0.05, 0) is 11.1 Å². The Morgan fingerprint density at radius 2 is 1.00 bits per heavy atom. The van der Waals surface area contributed by atoms with Gasteiger partial charge in [0, 0.05) is 20.4 Å². The predicted octanol–water partition coefficient (Wildman–Crippen LogP) is 1.78. The second-order valence-electron chi connectivity index (χ2n) is 4.23. The van der Waals surface area contributed by atoms with Crippen LogP contribution >= 0.6 is 0 Å². The van der Waals surface area contributed by atoms with E-state index in [9.17, 15) is 0 Å². The quantitative estimate of drug-likeness (QED) is 0.253. The van der Waals surface area contributed by atoms with Crippen LogP contribution in [0.4, 0.5) is 0 Å². The van der Waals surface area contributed by atoms with Gasteiger partial charge in [0.25, 0.3) is 0 Å². The van der Waals surface area contributed by atoms with E-state index in [2.05, 4.69) is 20.4 Å². The van der Waals surface area contributed by atoms with Crippen LogP contribution in [0.5, 0.6) is 0 Å². The van der Waals surface area contributed by atoms with E-state index in [-0.39, 0.29) is 20.4 Å². The first-order valence-corrected chi connectivity index (χ1v) is 6.79. The van der Waals surface area contributed by atoms with Crippen molar-refractivity contribution in [1.29, 1.82) is 0 Å². The van der Waals surface area contributed by atoms with Crippen LogP contribution in [-0.2, 0) is 20.4 Å². The maximum Gasteiger partial charge on any atom is 0.303 e. The summed E-state index contributed by atoms with van der Waals surface area (Å²) in [5.41, 5.74) is 11.5. The van der Waals surface area contributed by atoms with E-state index in [1.165, 1.54) is 12.4 Å². The fourth-order valence-electron chi connectivity index (χ4n) is 1.39. The molecule has 0 fully saturated rings. The molecule has 134 valence electrons. The zero-order valence-electron chi connectivity index (χ0n) is 13.1. The first-order valence-electron chi connectivity index (χ1n) is 6.79. The van der Waals surface area contributed by atoms with Gasteiger partial charge in [-0.2, -0.15) is 10.2 Å².